The highest BCUT2D eigenvalue weighted by Crippen LogP contribution is 2.27. The Balaban J connectivity index is 1.26. The number of fused-ring (bicyclic) bond motifs is 1. The van der Waals surface area contributed by atoms with Crippen LogP contribution in [0.3, 0.4) is 0 Å². The molecule has 0 radical (unpaired) electrons. The molecule has 4 aromatic rings. The lowest BCUT2D eigenvalue weighted by Crippen LogP contribution is -2.25. The van der Waals surface area contributed by atoms with Gasteiger partial charge >= 0.3 is 0 Å². The standard InChI is InChI=1S/C26H30N8O/c1-17-14-19(25(35)28-13-11-18-6-5-12-27-15-18)9-10-21(17)32-26-33-23-22(29-16-30-23)24(34-26)31-20-7-3-2-4-8-20/h5-6,9-10,12,14-16,20H,2-4,7-8,11,13H2,1H3,(H,28,35)(H3,29,30,31,32,33,34). The quantitative estimate of drug-likeness (QED) is 0.299. The summed E-state index contributed by atoms with van der Waals surface area (Å²) in [6.45, 7) is 2.52. The fraction of sp³-hybridized carbons (Fsp3) is 0.346. The van der Waals surface area contributed by atoms with Gasteiger partial charge in [-0.2, -0.15) is 9.97 Å². The van der Waals surface area contributed by atoms with Gasteiger partial charge in [-0.05, 0) is 61.6 Å². The molecule has 9 heteroatoms. The van der Waals surface area contributed by atoms with Crippen molar-refractivity contribution in [2.45, 2.75) is 51.5 Å². The van der Waals surface area contributed by atoms with Crippen molar-refractivity contribution in [1.82, 2.24) is 30.2 Å². The molecule has 0 spiro atoms. The summed E-state index contributed by atoms with van der Waals surface area (Å²) in [6.07, 6.45) is 12.0. The number of benzene rings is 1. The van der Waals surface area contributed by atoms with Crippen molar-refractivity contribution < 1.29 is 4.79 Å². The number of aryl methyl sites for hydroxylation is 1. The van der Waals surface area contributed by atoms with Crippen LogP contribution < -0.4 is 16.0 Å². The Bertz CT molecular complexity index is 1300. The van der Waals surface area contributed by atoms with Crippen LogP contribution in [0.4, 0.5) is 17.5 Å². The Morgan fingerprint density at radius 2 is 2.03 bits per heavy atom. The van der Waals surface area contributed by atoms with E-state index in [9.17, 15) is 4.79 Å². The average Bonchev–Trinajstić information content (AvgIpc) is 3.36. The fourth-order valence-corrected chi connectivity index (χ4v) is 4.47. The van der Waals surface area contributed by atoms with Crippen LogP contribution in [0.5, 0.6) is 0 Å². The van der Waals surface area contributed by atoms with Crippen LogP contribution in [0.15, 0.2) is 49.1 Å². The molecule has 4 N–H and O–H groups in total. The first-order valence-electron chi connectivity index (χ1n) is 12.2. The number of hydrogen-bond acceptors (Lipinski definition) is 7. The van der Waals surface area contributed by atoms with Crippen molar-refractivity contribution in [3.63, 3.8) is 0 Å². The van der Waals surface area contributed by atoms with Crippen LogP contribution in [0.25, 0.3) is 11.2 Å². The van der Waals surface area contributed by atoms with E-state index >= 15 is 0 Å². The van der Waals surface area contributed by atoms with Gasteiger partial charge in [0, 0.05) is 36.2 Å². The van der Waals surface area contributed by atoms with Gasteiger partial charge < -0.3 is 20.9 Å². The van der Waals surface area contributed by atoms with Gasteiger partial charge in [0.25, 0.3) is 5.91 Å². The number of imidazole rings is 1. The smallest absolute Gasteiger partial charge is 0.251 e. The highest BCUT2D eigenvalue weighted by Gasteiger charge is 2.18. The summed E-state index contributed by atoms with van der Waals surface area (Å²) < 4.78 is 0. The molecule has 0 bridgehead atoms. The predicted octanol–water partition coefficient (Wildman–Crippen LogP) is 4.52. The number of nitrogens with zero attached hydrogens (tertiary/aromatic N) is 4. The van der Waals surface area contributed by atoms with Crippen LogP contribution in [0.2, 0.25) is 0 Å². The monoisotopic (exact) mass is 470 g/mol. The first-order chi connectivity index (χ1) is 17.2. The zero-order chi connectivity index (χ0) is 24.0. The summed E-state index contributed by atoms with van der Waals surface area (Å²) in [5.41, 5.74) is 4.91. The molecule has 3 heterocycles. The van der Waals surface area contributed by atoms with E-state index in [1.165, 1.54) is 19.3 Å². The highest BCUT2D eigenvalue weighted by molar-refractivity contribution is 5.95. The number of aromatic nitrogens is 5. The number of aromatic amines is 1. The molecule has 35 heavy (non-hydrogen) atoms. The maximum absolute atomic E-state index is 12.6. The lowest BCUT2D eigenvalue weighted by atomic mass is 9.95. The minimum absolute atomic E-state index is 0.0994. The Hall–Kier alpha value is -4.01. The van der Waals surface area contributed by atoms with E-state index in [1.807, 2.05) is 43.5 Å². The van der Waals surface area contributed by atoms with Crippen molar-refractivity contribution in [3.05, 3.63) is 65.7 Å². The molecule has 1 aromatic carbocycles. The minimum Gasteiger partial charge on any atom is -0.365 e. The number of carbonyl (C=O) groups is 1. The first kappa shape index (κ1) is 22.8. The third kappa shape index (κ3) is 5.56. The third-order valence-electron chi connectivity index (χ3n) is 6.38. The second-order valence-corrected chi connectivity index (χ2v) is 9.00. The number of rotatable bonds is 8. The summed E-state index contributed by atoms with van der Waals surface area (Å²) in [4.78, 5) is 33.5. The summed E-state index contributed by atoms with van der Waals surface area (Å²) >= 11 is 0. The van der Waals surface area contributed by atoms with E-state index in [4.69, 9.17) is 4.98 Å². The minimum atomic E-state index is -0.0994. The van der Waals surface area contributed by atoms with Gasteiger partial charge in [0.15, 0.2) is 11.5 Å². The zero-order valence-corrected chi connectivity index (χ0v) is 19.8. The predicted molar refractivity (Wildman–Crippen MR) is 137 cm³/mol. The molecule has 1 fully saturated rings. The van der Waals surface area contributed by atoms with Gasteiger partial charge in [0.05, 0.1) is 6.33 Å². The van der Waals surface area contributed by atoms with Gasteiger partial charge in [-0.3, -0.25) is 9.78 Å². The van der Waals surface area contributed by atoms with E-state index in [-0.39, 0.29) is 5.91 Å². The second kappa shape index (κ2) is 10.5. The molecule has 180 valence electrons. The normalized spacial score (nSPS) is 14.1. The second-order valence-electron chi connectivity index (χ2n) is 9.00. The van der Waals surface area contributed by atoms with Crippen molar-refractivity contribution in [3.8, 4) is 0 Å². The summed E-state index contributed by atoms with van der Waals surface area (Å²) in [6, 6.07) is 9.88. The van der Waals surface area contributed by atoms with Gasteiger partial charge in [0.2, 0.25) is 5.95 Å². The number of H-pyrrole nitrogens is 1. The first-order valence-corrected chi connectivity index (χ1v) is 12.2. The lowest BCUT2D eigenvalue weighted by molar-refractivity contribution is 0.0954. The van der Waals surface area contributed by atoms with Crippen LogP contribution in [-0.4, -0.2) is 43.4 Å². The fourth-order valence-electron chi connectivity index (χ4n) is 4.47. The maximum atomic E-state index is 12.6. The molecular weight excluding hydrogens is 440 g/mol. The van der Waals surface area contributed by atoms with Crippen LogP contribution >= 0.6 is 0 Å². The van der Waals surface area contributed by atoms with E-state index in [0.717, 1.165) is 47.4 Å². The molecule has 0 aliphatic heterocycles. The van der Waals surface area contributed by atoms with E-state index in [0.29, 0.717) is 29.7 Å². The number of hydrogen-bond donors (Lipinski definition) is 4. The zero-order valence-electron chi connectivity index (χ0n) is 19.8. The Morgan fingerprint density at radius 1 is 1.14 bits per heavy atom. The van der Waals surface area contributed by atoms with E-state index in [1.54, 1.807) is 12.5 Å². The average molecular weight is 471 g/mol. The summed E-state index contributed by atoms with van der Waals surface area (Å²) in [5.74, 6) is 1.13. The number of pyridine rings is 1. The van der Waals surface area contributed by atoms with E-state index < -0.39 is 0 Å². The van der Waals surface area contributed by atoms with Crippen molar-refractivity contribution in [2.24, 2.45) is 0 Å². The van der Waals surface area contributed by atoms with E-state index in [2.05, 4.69) is 35.9 Å². The topological polar surface area (TPSA) is 121 Å². The highest BCUT2D eigenvalue weighted by atomic mass is 16.1. The van der Waals surface area contributed by atoms with Gasteiger partial charge in [-0.25, -0.2) is 4.98 Å². The van der Waals surface area contributed by atoms with Crippen LogP contribution in [0.1, 0.15) is 53.6 Å². The number of nitrogens with one attached hydrogen (secondary N) is 4. The summed E-state index contributed by atoms with van der Waals surface area (Å²) in [7, 11) is 0. The van der Waals surface area contributed by atoms with Gasteiger partial charge in [-0.15, -0.1) is 0 Å². The molecule has 1 amide bonds. The largest absolute Gasteiger partial charge is 0.365 e. The van der Waals surface area contributed by atoms with Gasteiger partial charge in [-0.1, -0.05) is 25.3 Å². The molecular formula is C26H30N8O. The van der Waals surface area contributed by atoms with Crippen molar-refractivity contribution >= 4 is 34.5 Å². The maximum Gasteiger partial charge on any atom is 0.251 e. The van der Waals surface area contributed by atoms with Crippen LogP contribution in [-0.2, 0) is 6.42 Å². The van der Waals surface area contributed by atoms with Crippen molar-refractivity contribution in [2.75, 3.05) is 17.2 Å². The molecule has 5 rings (SSSR count). The van der Waals surface area contributed by atoms with Gasteiger partial charge in [0.1, 0.15) is 5.52 Å². The number of anilines is 3. The molecule has 0 saturated heterocycles. The molecule has 9 nitrogen and oxygen atoms in total. The Morgan fingerprint density at radius 3 is 2.83 bits per heavy atom. The van der Waals surface area contributed by atoms with Crippen molar-refractivity contribution in [1.29, 1.82) is 0 Å². The Kier molecular flexibility index (Phi) is 6.83. The molecule has 1 saturated carbocycles. The number of amides is 1. The molecule has 0 unspecified atom stereocenters. The summed E-state index contributed by atoms with van der Waals surface area (Å²) in [5, 5.41) is 9.87. The molecule has 3 aromatic heterocycles. The molecule has 1 aliphatic rings. The molecule has 1 aliphatic carbocycles. The third-order valence-corrected chi connectivity index (χ3v) is 6.38. The lowest BCUT2D eigenvalue weighted by Gasteiger charge is -2.23. The molecule has 0 atom stereocenters. The number of carbonyl (C=O) groups excluding carboxylic acids is 1. The Labute approximate surface area is 204 Å². The SMILES string of the molecule is Cc1cc(C(=O)NCCc2cccnc2)ccc1Nc1nc(NC2CCCCC2)c2nc[nH]c2n1. The van der Waals surface area contributed by atoms with Crippen LogP contribution in [0, 0.1) is 6.92 Å².